The summed E-state index contributed by atoms with van der Waals surface area (Å²) in [7, 11) is 0. The summed E-state index contributed by atoms with van der Waals surface area (Å²) in [6.45, 7) is 4.31. The molecule has 0 saturated carbocycles. The molecule has 2 unspecified atom stereocenters. The second kappa shape index (κ2) is 7.78. The summed E-state index contributed by atoms with van der Waals surface area (Å²) < 4.78 is 5.57. The number of fused-ring (bicyclic) bond motifs is 2. The molecule has 2 aliphatic rings. The molecule has 146 valence electrons. The molecule has 28 heavy (non-hydrogen) atoms. The van der Waals surface area contributed by atoms with Gasteiger partial charge in [0.1, 0.15) is 6.61 Å². The monoisotopic (exact) mass is 377 g/mol. The van der Waals surface area contributed by atoms with E-state index in [0.29, 0.717) is 6.61 Å². The Kier molecular flexibility index (Phi) is 5.21. The lowest BCUT2D eigenvalue weighted by molar-refractivity contribution is 0.0485. The highest BCUT2D eigenvalue weighted by Crippen LogP contribution is 2.40. The molecule has 2 aromatic rings. The number of hydrogen-bond acceptors (Lipinski definition) is 3. The Labute approximate surface area is 166 Å². The molecule has 0 spiro atoms. The van der Waals surface area contributed by atoms with Crippen LogP contribution in [0, 0.1) is 19.8 Å². The highest BCUT2D eigenvalue weighted by Gasteiger charge is 2.46. The van der Waals surface area contributed by atoms with Crippen molar-refractivity contribution in [1.82, 2.24) is 4.90 Å². The van der Waals surface area contributed by atoms with Crippen LogP contribution < -0.4 is 0 Å². The van der Waals surface area contributed by atoms with E-state index >= 15 is 0 Å². The van der Waals surface area contributed by atoms with E-state index in [1.54, 1.807) is 0 Å². The predicted molar refractivity (Wildman–Crippen MR) is 108 cm³/mol. The zero-order valence-electron chi connectivity index (χ0n) is 16.6. The zero-order valence-corrected chi connectivity index (χ0v) is 16.6. The molecule has 1 amide bonds. The van der Waals surface area contributed by atoms with E-state index in [0.717, 1.165) is 47.9 Å². The maximum atomic E-state index is 13.1. The van der Waals surface area contributed by atoms with E-state index in [-0.39, 0.29) is 29.9 Å². The number of benzene rings is 2. The van der Waals surface area contributed by atoms with Gasteiger partial charge in [-0.15, -0.1) is 0 Å². The van der Waals surface area contributed by atoms with Crippen LogP contribution in [-0.4, -0.2) is 28.9 Å². The number of amides is 1. The van der Waals surface area contributed by atoms with Crippen molar-refractivity contribution < 1.29 is 14.3 Å². The summed E-state index contributed by atoms with van der Waals surface area (Å²) in [5.74, 6) is 0.228. The Hall–Kier alpha value is -2.62. The minimum absolute atomic E-state index is 0.00354. The van der Waals surface area contributed by atoms with Gasteiger partial charge in [0.2, 0.25) is 0 Å². The molecule has 4 nitrogen and oxygen atoms in total. The number of ether oxygens (including phenoxy) is 1. The molecule has 0 N–H and O–H groups in total. The van der Waals surface area contributed by atoms with Crippen LogP contribution in [0.1, 0.15) is 52.7 Å². The van der Waals surface area contributed by atoms with Gasteiger partial charge in [-0.05, 0) is 56.7 Å². The molecule has 0 radical (unpaired) electrons. The lowest BCUT2D eigenvalue weighted by atomic mass is 9.83. The Balaban J connectivity index is 1.42. The maximum absolute atomic E-state index is 13.1. The molecule has 2 aromatic carbocycles. The second-order valence-electron chi connectivity index (χ2n) is 8.18. The van der Waals surface area contributed by atoms with Crippen LogP contribution in [0.15, 0.2) is 48.5 Å². The summed E-state index contributed by atoms with van der Waals surface area (Å²) >= 11 is 0. The molecule has 2 saturated heterocycles. The van der Waals surface area contributed by atoms with Crippen LogP contribution in [0.4, 0.5) is 4.79 Å². The standard InChI is InChI=1S/C24H27NO3/c1-16-8-9-17(2)22(12-16)23(26)19-13-20-10-11-21(14-19)25(20)24(27)28-15-18-6-4-3-5-7-18/h3-9,12,19-21H,10-11,13-15H2,1-2H3. The predicted octanol–water partition coefficient (Wildman–Crippen LogP) is 5.07. The normalized spacial score (nSPS) is 23.5. The summed E-state index contributed by atoms with van der Waals surface area (Å²) in [4.78, 5) is 27.7. The van der Waals surface area contributed by atoms with Gasteiger partial charge in [0.25, 0.3) is 0 Å². The summed E-state index contributed by atoms with van der Waals surface area (Å²) in [5, 5.41) is 0. The number of aryl methyl sites for hydroxylation is 2. The number of nitrogens with zero attached hydrogens (tertiary/aromatic N) is 1. The SMILES string of the molecule is Cc1ccc(C)c(C(=O)C2CC3CCC(C2)N3C(=O)OCc2ccccc2)c1. The molecule has 2 heterocycles. The smallest absolute Gasteiger partial charge is 0.410 e. The van der Waals surface area contributed by atoms with Gasteiger partial charge in [-0.25, -0.2) is 4.79 Å². The van der Waals surface area contributed by atoms with Crippen LogP contribution in [0.2, 0.25) is 0 Å². The van der Waals surface area contributed by atoms with E-state index in [1.165, 1.54) is 0 Å². The van der Waals surface area contributed by atoms with E-state index in [4.69, 9.17) is 4.74 Å². The number of piperidine rings is 1. The third kappa shape index (κ3) is 3.68. The highest BCUT2D eigenvalue weighted by atomic mass is 16.6. The van der Waals surface area contributed by atoms with Gasteiger partial charge in [0, 0.05) is 23.6 Å². The number of hydrogen-bond donors (Lipinski definition) is 0. The van der Waals surface area contributed by atoms with Gasteiger partial charge >= 0.3 is 6.09 Å². The fourth-order valence-corrected chi connectivity index (χ4v) is 4.70. The third-order valence-corrected chi connectivity index (χ3v) is 6.18. The van der Waals surface area contributed by atoms with E-state index in [9.17, 15) is 9.59 Å². The van der Waals surface area contributed by atoms with Crippen LogP contribution in [0.25, 0.3) is 0 Å². The van der Waals surface area contributed by atoms with Crippen LogP contribution >= 0.6 is 0 Å². The molecular weight excluding hydrogens is 350 g/mol. The maximum Gasteiger partial charge on any atom is 0.410 e. The average Bonchev–Trinajstić information content (AvgIpc) is 2.97. The molecular formula is C24H27NO3. The van der Waals surface area contributed by atoms with Gasteiger partial charge in [-0.2, -0.15) is 0 Å². The minimum Gasteiger partial charge on any atom is -0.445 e. The van der Waals surface area contributed by atoms with Crippen molar-refractivity contribution in [2.24, 2.45) is 5.92 Å². The molecule has 2 atom stereocenters. The van der Waals surface area contributed by atoms with Crippen molar-refractivity contribution in [3.05, 3.63) is 70.8 Å². The Morgan fingerprint density at radius 1 is 1.00 bits per heavy atom. The molecule has 4 heteroatoms. The first-order chi connectivity index (χ1) is 13.5. The molecule has 0 aliphatic carbocycles. The number of carbonyl (C=O) groups is 2. The van der Waals surface area contributed by atoms with Crippen molar-refractivity contribution in [2.75, 3.05) is 0 Å². The summed E-state index contributed by atoms with van der Waals surface area (Å²) in [6.07, 6.45) is 3.16. The second-order valence-corrected chi connectivity index (χ2v) is 8.18. The molecule has 2 fully saturated rings. The van der Waals surface area contributed by atoms with Crippen molar-refractivity contribution in [3.63, 3.8) is 0 Å². The van der Waals surface area contributed by atoms with Gasteiger partial charge < -0.3 is 9.64 Å². The third-order valence-electron chi connectivity index (χ3n) is 6.18. The van der Waals surface area contributed by atoms with Crippen LogP contribution in [0.3, 0.4) is 0 Å². The first-order valence-electron chi connectivity index (χ1n) is 10.1. The first kappa shape index (κ1) is 18.7. The molecule has 0 aromatic heterocycles. The Morgan fingerprint density at radius 3 is 2.36 bits per heavy atom. The van der Waals surface area contributed by atoms with Gasteiger partial charge in [-0.1, -0.05) is 48.0 Å². The van der Waals surface area contributed by atoms with Gasteiger partial charge in [-0.3, -0.25) is 4.79 Å². The fourth-order valence-electron chi connectivity index (χ4n) is 4.70. The van der Waals surface area contributed by atoms with Crippen LogP contribution in [-0.2, 0) is 11.3 Å². The first-order valence-corrected chi connectivity index (χ1v) is 10.1. The lowest BCUT2D eigenvalue weighted by Crippen LogP contribution is -2.48. The molecule has 2 aliphatic heterocycles. The van der Waals surface area contributed by atoms with Crippen LogP contribution in [0.5, 0.6) is 0 Å². The van der Waals surface area contributed by atoms with E-state index in [2.05, 4.69) is 0 Å². The molecule has 4 rings (SSSR count). The highest BCUT2D eigenvalue weighted by molar-refractivity contribution is 5.99. The largest absolute Gasteiger partial charge is 0.445 e. The number of ketones is 1. The van der Waals surface area contributed by atoms with Gasteiger partial charge in [0.15, 0.2) is 5.78 Å². The molecule has 2 bridgehead atoms. The van der Waals surface area contributed by atoms with E-state index in [1.807, 2.05) is 67.3 Å². The van der Waals surface area contributed by atoms with Gasteiger partial charge in [0.05, 0.1) is 0 Å². The summed E-state index contributed by atoms with van der Waals surface area (Å²) in [5.41, 5.74) is 3.97. The van der Waals surface area contributed by atoms with Crippen molar-refractivity contribution in [1.29, 1.82) is 0 Å². The zero-order chi connectivity index (χ0) is 19.7. The number of carbonyl (C=O) groups excluding carboxylic acids is 2. The number of rotatable bonds is 4. The fraction of sp³-hybridized carbons (Fsp3) is 0.417. The van der Waals surface area contributed by atoms with Crippen molar-refractivity contribution in [3.8, 4) is 0 Å². The average molecular weight is 377 g/mol. The number of Topliss-reactive ketones (excluding diaryl/α,β-unsaturated/α-hetero) is 1. The summed E-state index contributed by atoms with van der Waals surface area (Å²) in [6, 6.07) is 16.0. The van der Waals surface area contributed by atoms with Crippen molar-refractivity contribution in [2.45, 2.75) is 58.2 Å². The Morgan fingerprint density at radius 2 is 1.68 bits per heavy atom. The van der Waals surface area contributed by atoms with E-state index < -0.39 is 0 Å². The minimum atomic E-state index is -0.242. The lowest BCUT2D eigenvalue weighted by Gasteiger charge is -2.37. The Bertz CT molecular complexity index is 863. The quantitative estimate of drug-likeness (QED) is 0.699. The van der Waals surface area contributed by atoms with Crippen molar-refractivity contribution >= 4 is 11.9 Å². The topological polar surface area (TPSA) is 46.6 Å².